The summed E-state index contributed by atoms with van der Waals surface area (Å²) < 4.78 is 14.3. The SMILES string of the molecule is C[C@H]1N=C(c2ccc(I)cc2)[C@H]2[C@@H](c3ccc(F)cc3)N12. The molecule has 2 heterocycles. The van der Waals surface area contributed by atoms with E-state index in [0.29, 0.717) is 12.1 Å². The lowest BCUT2D eigenvalue weighted by Crippen LogP contribution is -2.09. The van der Waals surface area contributed by atoms with Gasteiger partial charge in [0.25, 0.3) is 0 Å². The van der Waals surface area contributed by atoms with Crippen molar-refractivity contribution < 1.29 is 4.39 Å². The van der Waals surface area contributed by atoms with E-state index >= 15 is 0 Å². The molecule has 2 aliphatic rings. The summed E-state index contributed by atoms with van der Waals surface area (Å²) in [5, 5.41) is 0. The Balaban J connectivity index is 1.65. The largest absolute Gasteiger partial charge is 0.269 e. The molecule has 4 heteroatoms. The van der Waals surface area contributed by atoms with Crippen LogP contribution in [0.5, 0.6) is 0 Å². The quantitative estimate of drug-likeness (QED) is 0.557. The molecule has 2 aromatic rings. The molecule has 106 valence electrons. The summed E-state index contributed by atoms with van der Waals surface area (Å²) in [5.74, 6) is -0.181. The lowest BCUT2D eigenvalue weighted by atomic mass is 10.0. The van der Waals surface area contributed by atoms with Gasteiger partial charge >= 0.3 is 0 Å². The molecule has 2 aromatic carbocycles. The van der Waals surface area contributed by atoms with Crippen LogP contribution in [0, 0.1) is 9.39 Å². The summed E-state index contributed by atoms with van der Waals surface area (Å²) in [7, 11) is 0. The summed E-state index contributed by atoms with van der Waals surface area (Å²) in [5.41, 5.74) is 3.53. The first-order chi connectivity index (χ1) is 10.1. The topological polar surface area (TPSA) is 15.4 Å². The molecule has 0 amide bonds. The van der Waals surface area contributed by atoms with Crippen molar-refractivity contribution in [2.75, 3.05) is 0 Å². The zero-order valence-electron chi connectivity index (χ0n) is 11.5. The van der Waals surface area contributed by atoms with Gasteiger partial charge in [0.05, 0.1) is 17.8 Å². The van der Waals surface area contributed by atoms with E-state index in [1.807, 2.05) is 12.1 Å². The monoisotopic (exact) mass is 392 g/mol. The molecule has 0 bridgehead atoms. The highest BCUT2D eigenvalue weighted by atomic mass is 127. The van der Waals surface area contributed by atoms with Gasteiger partial charge in [0.15, 0.2) is 0 Å². The maximum atomic E-state index is 13.1. The lowest BCUT2D eigenvalue weighted by Gasteiger charge is -2.09. The molecule has 0 aliphatic carbocycles. The van der Waals surface area contributed by atoms with E-state index in [1.165, 1.54) is 26.8 Å². The molecule has 0 saturated carbocycles. The Bertz CT molecular complexity index is 709. The van der Waals surface area contributed by atoms with Crippen LogP contribution in [-0.4, -0.2) is 22.8 Å². The van der Waals surface area contributed by atoms with Crippen LogP contribution in [0.25, 0.3) is 0 Å². The second-order valence-corrected chi connectivity index (χ2v) is 6.79. The van der Waals surface area contributed by atoms with Crippen molar-refractivity contribution in [3.05, 3.63) is 69.0 Å². The highest BCUT2D eigenvalue weighted by Gasteiger charge is 2.57. The molecule has 2 nitrogen and oxygen atoms in total. The summed E-state index contributed by atoms with van der Waals surface area (Å²) in [6.07, 6.45) is 0.194. The van der Waals surface area contributed by atoms with Gasteiger partial charge in [0.2, 0.25) is 0 Å². The predicted octanol–water partition coefficient (Wildman–Crippen LogP) is 4.00. The maximum Gasteiger partial charge on any atom is 0.123 e. The van der Waals surface area contributed by atoms with Crippen LogP contribution < -0.4 is 0 Å². The van der Waals surface area contributed by atoms with Gasteiger partial charge < -0.3 is 0 Å². The van der Waals surface area contributed by atoms with Crippen LogP contribution in [0.1, 0.15) is 24.1 Å². The molecule has 2 aliphatic heterocycles. The molecule has 1 fully saturated rings. The molecule has 0 radical (unpaired) electrons. The number of rotatable bonds is 2. The molecular formula is C17H14FIN2. The maximum absolute atomic E-state index is 13.1. The minimum atomic E-state index is -0.181. The van der Waals surface area contributed by atoms with Gasteiger partial charge in [-0.3, -0.25) is 9.89 Å². The fourth-order valence-corrected chi connectivity index (χ4v) is 3.59. The third kappa shape index (κ3) is 2.21. The van der Waals surface area contributed by atoms with E-state index in [-0.39, 0.29) is 12.0 Å². The number of halogens is 2. The van der Waals surface area contributed by atoms with Crippen molar-refractivity contribution in [2.24, 2.45) is 4.99 Å². The zero-order chi connectivity index (χ0) is 14.6. The fraction of sp³-hybridized carbons (Fsp3) is 0.235. The van der Waals surface area contributed by atoms with Gasteiger partial charge in [0, 0.05) is 3.57 Å². The summed E-state index contributed by atoms with van der Waals surface area (Å²) >= 11 is 2.31. The number of fused-ring (bicyclic) bond motifs is 1. The van der Waals surface area contributed by atoms with Gasteiger partial charge in [-0.05, 0) is 64.9 Å². The molecular weight excluding hydrogens is 378 g/mol. The number of hydrogen-bond acceptors (Lipinski definition) is 2. The first-order valence-corrected chi connectivity index (χ1v) is 8.09. The molecule has 4 rings (SSSR count). The number of nitrogens with zero attached hydrogens (tertiary/aromatic N) is 2. The summed E-state index contributed by atoms with van der Waals surface area (Å²) in [6.45, 7) is 2.12. The molecule has 0 spiro atoms. The third-order valence-corrected chi connectivity index (χ3v) is 4.96. The Labute approximate surface area is 136 Å². The van der Waals surface area contributed by atoms with Crippen LogP contribution >= 0.6 is 22.6 Å². The highest BCUT2D eigenvalue weighted by molar-refractivity contribution is 14.1. The summed E-state index contributed by atoms with van der Waals surface area (Å²) in [4.78, 5) is 7.15. The third-order valence-electron chi connectivity index (χ3n) is 4.24. The second-order valence-electron chi connectivity index (χ2n) is 5.54. The highest BCUT2D eigenvalue weighted by Crippen LogP contribution is 2.50. The second kappa shape index (κ2) is 4.88. The number of benzene rings is 2. The smallest absolute Gasteiger partial charge is 0.123 e. The first kappa shape index (κ1) is 13.4. The molecule has 1 saturated heterocycles. The average Bonchev–Trinajstić information content (AvgIpc) is 3.13. The van der Waals surface area contributed by atoms with Crippen LogP contribution in [0.3, 0.4) is 0 Å². The van der Waals surface area contributed by atoms with E-state index < -0.39 is 0 Å². The normalized spacial score (nSPS) is 30.0. The van der Waals surface area contributed by atoms with Crippen molar-refractivity contribution in [3.8, 4) is 0 Å². The number of aliphatic imine (C=N–C) groups is 1. The molecule has 4 atom stereocenters. The van der Waals surface area contributed by atoms with E-state index in [1.54, 1.807) is 0 Å². The van der Waals surface area contributed by atoms with E-state index in [0.717, 1.165) is 5.71 Å². The van der Waals surface area contributed by atoms with Crippen LogP contribution in [0.4, 0.5) is 4.39 Å². The van der Waals surface area contributed by atoms with Crippen molar-refractivity contribution in [3.63, 3.8) is 0 Å². The van der Waals surface area contributed by atoms with E-state index in [4.69, 9.17) is 4.99 Å². The van der Waals surface area contributed by atoms with Gasteiger partial charge in [-0.25, -0.2) is 4.39 Å². The van der Waals surface area contributed by atoms with Gasteiger partial charge in [0.1, 0.15) is 12.0 Å². The molecule has 0 aromatic heterocycles. The first-order valence-electron chi connectivity index (χ1n) is 7.02. The predicted molar refractivity (Wildman–Crippen MR) is 89.9 cm³/mol. The van der Waals surface area contributed by atoms with Crippen molar-refractivity contribution >= 4 is 28.3 Å². The van der Waals surface area contributed by atoms with Gasteiger partial charge in [-0.15, -0.1) is 0 Å². The Kier molecular flexibility index (Phi) is 3.11. The lowest BCUT2D eigenvalue weighted by molar-refractivity contribution is 0.419. The molecule has 1 unspecified atom stereocenters. The van der Waals surface area contributed by atoms with Crippen LogP contribution in [0.2, 0.25) is 0 Å². The summed E-state index contributed by atoms with van der Waals surface area (Å²) in [6, 6.07) is 16.0. The van der Waals surface area contributed by atoms with Crippen LogP contribution in [0.15, 0.2) is 53.5 Å². The Morgan fingerprint density at radius 1 is 1.00 bits per heavy atom. The van der Waals surface area contributed by atoms with Crippen molar-refractivity contribution in [1.82, 2.24) is 4.90 Å². The number of hydrogen-bond donors (Lipinski definition) is 0. The van der Waals surface area contributed by atoms with Crippen molar-refractivity contribution in [2.45, 2.75) is 25.2 Å². The average molecular weight is 392 g/mol. The fourth-order valence-electron chi connectivity index (χ4n) is 3.23. The standard InChI is InChI=1S/C17H14FIN2/c1-10-20-15(11-4-8-14(19)9-5-11)17-16(21(10)17)12-2-6-13(18)7-3-12/h2-10,16-17H,1H3/t10-,16+,17-,21?/m0/s1. The molecule has 21 heavy (non-hydrogen) atoms. The van der Waals surface area contributed by atoms with E-state index in [9.17, 15) is 4.39 Å². The Morgan fingerprint density at radius 2 is 1.67 bits per heavy atom. The molecule has 0 N–H and O–H groups in total. The van der Waals surface area contributed by atoms with Crippen LogP contribution in [-0.2, 0) is 0 Å². The zero-order valence-corrected chi connectivity index (χ0v) is 13.7. The minimum absolute atomic E-state index is 0.181. The Morgan fingerprint density at radius 3 is 2.33 bits per heavy atom. The minimum Gasteiger partial charge on any atom is -0.269 e. The van der Waals surface area contributed by atoms with E-state index in [2.05, 4.69) is 58.7 Å². The van der Waals surface area contributed by atoms with Crippen molar-refractivity contribution in [1.29, 1.82) is 0 Å². The van der Waals surface area contributed by atoms with Gasteiger partial charge in [-0.1, -0.05) is 24.3 Å². The Hall–Kier alpha value is -1.27. The van der Waals surface area contributed by atoms with Gasteiger partial charge in [-0.2, -0.15) is 0 Å².